The molecule has 1 N–H and O–H groups in total. The van der Waals surface area contributed by atoms with E-state index in [0.717, 1.165) is 0 Å². The van der Waals surface area contributed by atoms with E-state index in [9.17, 15) is 18.4 Å². The Bertz CT molecular complexity index is 1040. The Hall–Kier alpha value is -3.61. The minimum absolute atomic E-state index is 0.118. The minimum atomic E-state index is -2.60. The van der Waals surface area contributed by atoms with Gasteiger partial charge >= 0.3 is 0 Å². The van der Waals surface area contributed by atoms with Gasteiger partial charge in [0, 0.05) is 42.2 Å². The van der Waals surface area contributed by atoms with E-state index in [-0.39, 0.29) is 43.0 Å². The average molecular weight is 429 g/mol. The Morgan fingerprint density at radius 3 is 2.87 bits per heavy atom. The first-order valence-electron chi connectivity index (χ1n) is 9.65. The van der Waals surface area contributed by atoms with E-state index in [0.29, 0.717) is 22.3 Å². The predicted molar refractivity (Wildman–Crippen MR) is 106 cm³/mol. The van der Waals surface area contributed by atoms with Crippen LogP contribution in [-0.4, -0.2) is 46.3 Å². The highest BCUT2D eigenvalue weighted by atomic mass is 19.3. The maximum atomic E-state index is 13.0. The summed E-state index contributed by atoms with van der Waals surface area (Å²) < 4.78 is 29.7. The van der Waals surface area contributed by atoms with Crippen molar-refractivity contribution >= 4 is 11.8 Å². The van der Waals surface area contributed by atoms with E-state index in [1.165, 1.54) is 12.4 Å². The van der Waals surface area contributed by atoms with Gasteiger partial charge in [-0.05, 0) is 31.5 Å². The third-order valence-corrected chi connectivity index (χ3v) is 4.96. The van der Waals surface area contributed by atoms with Crippen LogP contribution in [0.2, 0.25) is 0 Å². The lowest BCUT2D eigenvalue weighted by Crippen LogP contribution is -2.28. The molecule has 0 spiro atoms. The van der Waals surface area contributed by atoms with Crippen LogP contribution in [0.4, 0.5) is 8.78 Å². The second-order valence-corrected chi connectivity index (χ2v) is 7.05. The number of fused-ring (bicyclic) bond motifs is 1. The Morgan fingerprint density at radius 1 is 1.42 bits per heavy atom. The van der Waals surface area contributed by atoms with Crippen LogP contribution in [0.5, 0.6) is 5.88 Å². The highest BCUT2D eigenvalue weighted by Gasteiger charge is 2.35. The number of ether oxygens (including phenoxy) is 1. The molecule has 2 amide bonds. The van der Waals surface area contributed by atoms with Crippen molar-refractivity contribution in [1.29, 1.82) is 5.26 Å². The standard InChI is InChI=1S/C21H21F2N5O3/c1-12-8-14(9-27-20(12)31-11-17(22)23)13(2)28-10-16-15(21(28)30)4-7-25-18(16)19(29)26-6-3-5-24/h4,7-9,13,17H,3,6,10-11H2,1-2H3,(H,26,29). The number of aryl methyl sites for hydroxylation is 1. The maximum absolute atomic E-state index is 13.0. The summed E-state index contributed by atoms with van der Waals surface area (Å²) in [6, 6.07) is 4.87. The molecule has 0 bridgehead atoms. The normalized spacial score (nSPS) is 13.7. The molecular formula is C21H21F2N5O3. The summed E-state index contributed by atoms with van der Waals surface area (Å²) in [5.41, 5.74) is 2.36. The molecule has 0 saturated heterocycles. The number of aromatic nitrogens is 2. The van der Waals surface area contributed by atoms with Crippen LogP contribution in [0, 0.1) is 18.3 Å². The lowest BCUT2D eigenvalue weighted by Gasteiger charge is -2.25. The van der Waals surface area contributed by atoms with Crippen molar-refractivity contribution in [1.82, 2.24) is 20.2 Å². The summed E-state index contributed by atoms with van der Waals surface area (Å²) in [7, 11) is 0. The van der Waals surface area contributed by atoms with Crippen molar-refractivity contribution < 1.29 is 23.1 Å². The Morgan fingerprint density at radius 2 is 2.19 bits per heavy atom. The molecule has 2 aromatic rings. The van der Waals surface area contributed by atoms with Crippen LogP contribution in [0.3, 0.4) is 0 Å². The summed E-state index contributed by atoms with van der Waals surface area (Å²) in [5.74, 6) is -0.563. The number of pyridine rings is 2. The molecule has 0 radical (unpaired) electrons. The molecule has 1 aliphatic rings. The summed E-state index contributed by atoms with van der Waals surface area (Å²) in [4.78, 5) is 35.2. The molecule has 10 heteroatoms. The SMILES string of the molecule is Cc1cc(C(C)N2Cc3c(ccnc3C(=O)NCCC#N)C2=O)cnc1OCC(F)F. The van der Waals surface area contributed by atoms with E-state index < -0.39 is 18.9 Å². The van der Waals surface area contributed by atoms with E-state index in [1.807, 2.05) is 13.0 Å². The number of carbonyl (C=O) groups is 2. The third kappa shape index (κ3) is 4.77. The van der Waals surface area contributed by atoms with Crippen molar-refractivity contribution in [3.05, 3.63) is 52.5 Å². The number of carbonyl (C=O) groups excluding carboxylic acids is 2. The van der Waals surface area contributed by atoms with Gasteiger partial charge in [0.2, 0.25) is 5.88 Å². The van der Waals surface area contributed by atoms with Crippen LogP contribution in [0.25, 0.3) is 0 Å². The molecule has 0 aromatic carbocycles. The van der Waals surface area contributed by atoms with Gasteiger partial charge < -0.3 is 15.0 Å². The second kappa shape index (κ2) is 9.47. The molecule has 3 rings (SSSR count). The van der Waals surface area contributed by atoms with Gasteiger partial charge in [-0.25, -0.2) is 13.8 Å². The fourth-order valence-electron chi connectivity index (χ4n) is 3.36. The lowest BCUT2D eigenvalue weighted by molar-refractivity contribution is 0.0712. The van der Waals surface area contributed by atoms with E-state index in [1.54, 1.807) is 24.0 Å². The topological polar surface area (TPSA) is 108 Å². The summed E-state index contributed by atoms with van der Waals surface area (Å²) in [6.45, 7) is 3.15. The first kappa shape index (κ1) is 22.1. The van der Waals surface area contributed by atoms with Crippen molar-refractivity contribution in [2.24, 2.45) is 0 Å². The largest absolute Gasteiger partial charge is 0.471 e. The Labute approximate surface area is 177 Å². The number of alkyl halides is 2. The van der Waals surface area contributed by atoms with Gasteiger partial charge in [-0.2, -0.15) is 5.26 Å². The van der Waals surface area contributed by atoms with Crippen LogP contribution in [0.1, 0.15) is 56.9 Å². The monoisotopic (exact) mass is 429 g/mol. The number of hydrogen-bond acceptors (Lipinski definition) is 6. The van der Waals surface area contributed by atoms with Gasteiger partial charge in [-0.3, -0.25) is 14.6 Å². The van der Waals surface area contributed by atoms with E-state index >= 15 is 0 Å². The highest BCUT2D eigenvalue weighted by Crippen LogP contribution is 2.33. The van der Waals surface area contributed by atoms with Crippen LogP contribution >= 0.6 is 0 Å². The van der Waals surface area contributed by atoms with E-state index in [4.69, 9.17) is 10.00 Å². The van der Waals surface area contributed by atoms with Gasteiger partial charge in [-0.15, -0.1) is 0 Å². The molecule has 162 valence electrons. The van der Waals surface area contributed by atoms with E-state index in [2.05, 4.69) is 15.3 Å². The molecule has 3 heterocycles. The minimum Gasteiger partial charge on any atom is -0.471 e. The molecule has 0 fully saturated rings. The maximum Gasteiger partial charge on any atom is 0.272 e. The number of nitrogens with one attached hydrogen (secondary N) is 1. The number of rotatable bonds is 8. The number of nitrogens with zero attached hydrogens (tertiary/aromatic N) is 4. The van der Waals surface area contributed by atoms with Gasteiger partial charge in [0.05, 0.1) is 18.5 Å². The molecule has 1 unspecified atom stereocenters. The zero-order valence-corrected chi connectivity index (χ0v) is 17.1. The fourth-order valence-corrected chi connectivity index (χ4v) is 3.36. The van der Waals surface area contributed by atoms with Crippen LogP contribution in [0.15, 0.2) is 24.5 Å². The number of hydrogen-bond donors (Lipinski definition) is 1. The molecule has 1 atom stereocenters. The molecule has 2 aromatic heterocycles. The zero-order chi connectivity index (χ0) is 22.5. The predicted octanol–water partition coefficient (Wildman–Crippen LogP) is 2.79. The quantitative estimate of drug-likeness (QED) is 0.647. The molecule has 0 aliphatic carbocycles. The van der Waals surface area contributed by atoms with Gasteiger partial charge in [0.25, 0.3) is 18.2 Å². The van der Waals surface area contributed by atoms with Gasteiger partial charge in [-0.1, -0.05) is 0 Å². The van der Waals surface area contributed by atoms with Gasteiger partial charge in [0.15, 0.2) is 6.61 Å². The first-order valence-corrected chi connectivity index (χ1v) is 9.65. The van der Waals surface area contributed by atoms with Gasteiger partial charge in [0.1, 0.15) is 5.69 Å². The average Bonchev–Trinajstić information content (AvgIpc) is 3.09. The van der Waals surface area contributed by atoms with Crippen LogP contribution in [-0.2, 0) is 6.54 Å². The first-order chi connectivity index (χ1) is 14.8. The Kier molecular flexibility index (Phi) is 6.74. The Balaban J connectivity index is 1.79. The number of amides is 2. The highest BCUT2D eigenvalue weighted by molar-refractivity contribution is 6.03. The summed E-state index contributed by atoms with van der Waals surface area (Å²) in [6.07, 6.45) is 0.472. The zero-order valence-electron chi connectivity index (χ0n) is 17.1. The van der Waals surface area contributed by atoms with Crippen LogP contribution < -0.4 is 10.1 Å². The smallest absolute Gasteiger partial charge is 0.272 e. The molecule has 1 aliphatic heterocycles. The summed E-state index contributed by atoms with van der Waals surface area (Å²) >= 11 is 0. The molecule has 0 saturated carbocycles. The van der Waals surface area contributed by atoms with Crippen molar-refractivity contribution in [2.75, 3.05) is 13.2 Å². The molecule has 31 heavy (non-hydrogen) atoms. The van der Waals surface area contributed by atoms with Crippen molar-refractivity contribution in [3.63, 3.8) is 0 Å². The van der Waals surface area contributed by atoms with Crippen molar-refractivity contribution in [2.45, 2.75) is 39.3 Å². The summed E-state index contributed by atoms with van der Waals surface area (Å²) in [5, 5.41) is 11.2. The molecule has 8 nitrogen and oxygen atoms in total. The third-order valence-electron chi connectivity index (χ3n) is 4.96. The molecular weight excluding hydrogens is 408 g/mol. The number of halogens is 2. The number of nitriles is 1. The lowest BCUT2D eigenvalue weighted by atomic mass is 10.1. The van der Waals surface area contributed by atoms with Crippen molar-refractivity contribution in [3.8, 4) is 11.9 Å². The fraction of sp³-hybridized carbons (Fsp3) is 0.381. The second-order valence-electron chi connectivity index (χ2n) is 7.05.